The summed E-state index contributed by atoms with van der Waals surface area (Å²) in [6.07, 6.45) is 1.57. The Morgan fingerprint density at radius 2 is 1.82 bits per heavy atom. The van der Waals surface area contributed by atoms with Crippen LogP contribution in [0.15, 0.2) is 65.6 Å². The average Bonchev–Trinajstić information content (AvgIpc) is 3.14. The van der Waals surface area contributed by atoms with E-state index in [9.17, 15) is 18.8 Å². The van der Waals surface area contributed by atoms with Gasteiger partial charge in [-0.2, -0.15) is 0 Å². The highest BCUT2D eigenvalue weighted by molar-refractivity contribution is 8.18. The standard InChI is InChI=1S/C29H27FN2O5S/c1-4-36-25-14-20(10-12-24(25)37-17-27(33)31-23-11-9-18(2)13-19(23)3)15-26-28(34)32(29(35)38-26)16-21-7-5-6-8-22(21)30/h5-15H,4,16-17H2,1-3H3,(H,31,33)/b26-15-. The van der Waals surface area contributed by atoms with Gasteiger partial charge in [0.15, 0.2) is 18.1 Å². The van der Waals surface area contributed by atoms with Gasteiger partial charge in [0.05, 0.1) is 18.1 Å². The van der Waals surface area contributed by atoms with Crippen LogP contribution in [-0.2, 0) is 16.1 Å². The number of imide groups is 1. The zero-order valence-corrected chi connectivity index (χ0v) is 22.1. The molecule has 1 N–H and O–H groups in total. The summed E-state index contributed by atoms with van der Waals surface area (Å²) in [5.74, 6) is -0.523. The van der Waals surface area contributed by atoms with Crippen molar-refractivity contribution in [1.82, 2.24) is 4.90 Å². The summed E-state index contributed by atoms with van der Waals surface area (Å²) in [4.78, 5) is 39.0. The minimum Gasteiger partial charge on any atom is -0.490 e. The first-order valence-corrected chi connectivity index (χ1v) is 12.8. The van der Waals surface area contributed by atoms with Gasteiger partial charge in [-0.1, -0.05) is 42.0 Å². The summed E-state index contributed by atoms with van der Waals surface area (Å²) in [7, 11) is 0. The molecule has 0 bridgehead atoms. The van der Waals surface area contributed by atoms with E-state index in [0.29, 0.717) is 29.4 Å². The SMILES string of the molecule is CCOc1cc(/C=C2\SC(=O)N(Cc3ccccc3F)C2=O)ccc1OCC(=O)Nc1ccc(C)cc1C. The van der Waals surface area contributed by atoms with Gasteiger partial charge in [0.25, 0.3) is 17.1 Å². The fourth-order valence-electron chi connectivity index (χ4n) is 3.87. The summed E-state index contributed by atoms with van der Waals surface area (Å²) in [6.45, 7) is 5.71. The second kappa shape index (κ2) is 12.0. The molecule has 1 aliphatic rings. The number of aryl methyl sites for hydroxylation is 2. The summed E-state index contributed by atoms with van der Waals surface area (Å²) >= 11 is 0.793. The lowest BCUT2D eigenvalue weighted by Gasteiger charge is -2.14. The molecule has 0 atom stereocenters. The molecule has 0 saturated carbocycles. The van der Waals surface area contributed by atoms with Crippen molar-refractivity contribution in [1.29, 1.82) is 0 Å². The zero-order valence-electron chi connectivity index (χ0n) is 21.2. The minimum absolute atomic E-state index is 0.143. The number of hydrogen-bond donors (Lipinski definition) is 1. The number of hydrogen-bond acceptors (Lipinski definition) is 6. The second-order valence-corrected chi connectivity index (χ2v) is 9.65. The van der Waals surface area contributed by atoms with E-state index in [-0.39, 0.29) is 29.5 Å². The topological polar surface area (TPSA) is 84.9 Å². The molecule has 196 valence electrons. The Hall–Kier alpha value is -4.11. The van der Waals surface area contributed by atoms with Crippen molar-refractivity contribution in [2.75, 3.05) is 18.5 Å². The van der Waals surface area contributed by atoms with Gasteiger partial charge in [-0.05, 0) is 74.0 Å². The Labute approximate surface area is 224 Å². The molecule has 1 fully saturated rings. The first-order chi connectivity index (χ1) is 18.2. The van der Waals surface area contributed by atoms with E-state index < -0.39 is 17.0 Å². The normalized spacial score (nSPS) is 14.2. The Balaban J connectivity index is 1.45. The van der Waals surface area contributed by atoms with Crippen molar-refractivity contribution in [3.8, 4) is 11.5 Å². The van der Waals surface area contributed by atoms with E-state index in [4.69, 9.17) is 9.47 Å². The maximum atomic E-state index is 14.0. The number of amides is 3. The van der Waals surface area contributed by atoms with Gasteiger partial charge >= 0.3 is 0 Å². The Morgan fingerprint density at radius 3 is 2.55 bits per heavy atom. The number of carbonyl (C=O) groups is 3. The molecule has 3 aromatic carbocycles. The molecule has 0 aromatic heterocycles. The van der Waals surface area contributed by atoms with Crippen LogP contribution in [0, 0.1) is 19.7 Å². The van der Waals surface area contributed by atoms with Crippen molar-refractivity contribution in [2.45, 2.75) is 27.3 Å². The van der Waals surface area contributed by atoms with Gasteiger partial charge < -0.3 is 14.8 Å². The highest BCUT2D eigenvalue weighted by Gasteiger charge is 2.35. The molecule has 3 aromatic rings. The lowest BCUT2D eigenvalue weighted by molar-refractivity contribution is -0.123. The number of nitrogens with zero attached hydrogens (tertiary/aromatic N) is 1. The van der Waals surface area contributed by atoms with Gasteiger partial charge in [0, 0.05) is 11.3 Å². The molecule has 3 amide bonds. The molecule has 1 heterocycles. The highest BCUT2D eigenvalue weighted by Crippen LogP contribution is 2.35. The maximum Gasteiger partial charge on any atom is 0.293 e. The molecular weight excluding hydrogens is 507 g/mol. The smallest absolute Gasteiger partial charge is 0.293 e. The zero-order chi connectivity index (χ0) is 27.2. The van der Waals surface area contributed by atoms with E-state index in [2.05, 4.69) is 5.32 Å². The average molecular weight is 535 g/mol. The molecule has 7 nitrogen and oxygen atoms in total. The number of thioether (sulfide) groups is 1. The summed E-state index contributed by atoms with van der Waals surface area (Å²) in [5, 5.41) is 2.37. The van der Waals surface area contributed by atoms with Crippen molar-refractivity contribution < 1.29 is 28.2 Å². The number of halogens is 1. The van der Waals surface area contributed by atoms with Gasteiger partial charge in [0.1, 0.15) is 5.82 Å². The highest BCUT2D eigenvalue weighted by atomic mass is 32.2. The second-order valence-electron chi connectivity index (χ2n) is 8.65. The van der Waals surface area contributed by atoms with Crippen LogP contribution in [-0.4, -0.2) is 35.2 Å². The van der Waals surface area contributed by atoms with Crippen LogP contribution in [0.2, 0.25) is 0 Å². The number of ether oxygens (including phenoxy) is 2. The van der Waals surface area contributed by atoms with Crippen LogP contribution >= 0.6 is 11.8 Å². The molecule has 1 saturated heterocycles. The first-order valence-electron chi connectivity index (χ1n) is 12.0. The molecule has 38 heavy (non-hydrogen) atoms. The van der Waals surface area contributed by atoms with Gasteiger partial charge in [-0.25, -0.2) is 4.39 Å². The molecule has 9 heteroatoms. The lowest BCUT2D eigenvalue weighted by atomic mass is 10.1. The predicted molar refractivity (Wildman–Crippen MR) is 146 cm³/mol. The monoisotopic (exact) mass is 534 g/mol. The van der Waals surface area contributed by atoms with Crippen LogP contribution < -0.4 is 14.8 Å². The van der Waals surface area contributed by atoms with E-state index in [1.54, 1.807) is 36.4 Å². The van der Waals surface area contributed by atoms with Crippen molar-refractivity contribution in [3.05, 3.63) is 93.6 Å². The number of carbonyl (C=O) groups excluding carboxylic acids is 3. The van der Waals surface area contributed by atoms with E-state index >= 15 is 0 Å². The van der Waals surface area contributed by atoms with Gasteiger partial charge in [-0.15, -0.1) is 0 Å². The van der Waals surface area contributed by atoms with Crippen molar-refractivity contribution >= 4 is 40.6 Å². The number of rotatable bonds is 9. The number of nitrogens with one attached hydrogen (secondary N) is 1. The fourth-order valence-corrected chi connectivity index (χ4v) is 4.71. The molecule has 0 unspecified atom stereocenters. The number of benzene rings is 3. The van der Waals surface area contributed by atoms with Crippen molar-refractivity contribution in [2.24, 2.45) is 0 Å². The van der Waals surface area contributed by atoms with E-state index in [1.807, 2.05) is 39.0 Å². The van der Waals surface area contributed by atoms with Crippen LogP contribution in [0.4, 0.5) is 14.9 Å². The van der Waals surface area contributed by atoms with Crippen molar-refractivity contribution in [3.63, 3.8) is 0 Å². The molecular formula is C29H27FN2O5S. The predicted octanol–water partition coefficient (Wildman–Crippen LogP) is 6.10. The van der Waals surface area contributed by atoms with Gasteiger partial charge in [0.2, 0.25) is 0 Å². The third kappa shape index (κ3) is 6.41. The summed E-state index contributed by atoms with van der Waals surface area (Å²) in [6, 6.07) is 16.8. The van der Waals surface area contributed by atoms with E-state index in [1.165, 1.54) is 12.1 Å². The number of anilines is 1. The quantitative estimate of drug-likeness (QED) is 0.334. The molecule has 4 rings (SSSR count). The molecule has 1 aliphatic heterocycles. The third-order valence-electron chi connectivity index (χ3n) is 5.74. The Kier molecular flexibility index (Phi) is 8.48. The van der Waals surface area contributed by atoms with Crippen LogP contribution in [0.3, 0.4) is 0 Å². The summed E-state index contributed by atoms with van der Waals surface area (Å²) < 4.78 is 25.4. The van der Waals surface area contributed by atoms with Crippen LogP contribution in [0.1, 0.15) is 29.2 Å². The maximum absolute atomic E-state index is 14.0. The van der Waals surface area contributed by atoms with E-state index in [0.717, 1.165) is 27.8 Å². The first kappa shape index (κ1) is 26.9. The van der Waals surface area contributed by atoms with Crippen LogP contribution in [0.25, 0.3) is 6.08 Å². The van der Waals surface area contributed by atoms with Crippen LogP contribution in [0.5, 0.6) is 11.5 Å². The van der Waals surface area contributed by atoms with Gasteiger partial charge in [-0.3, -0.25) is 19.3 Å². The third-order valence-corrected chi connectivity index (χ3v) is 6.65. The minimum atomic E-state index is -0.496. The fraction of sp³-hybridized carbons (Fsp3) is 0.207. The molecule has 0 radical (unpaired) electrons. The largest absolute Gasteiger partial charge is 0.490 e. The molecule has 0 spiro atoms. The lowest BCUT2D eigenvalue weighted by Crippen LogP contribution is -2.27. The summed E-state index contributed by atoms with van der Waals surface area (Å²) in [5.41, 5.74) is 3.65. The Morgan fingerprint density at radius 1 is 1.03 bits per heavy atom. The Bertz CT molecular complexity index is 1420. The molecule has 0 aliphatic carbocycles.